The summed E-state index contributed by atoms with van der Waals surface area (Å²) in [4.78, 5) is 2.06. The number of benzene rings is 6. The minimum absolute atomic E-state index is 0.0538. The van der Waals surface area contributed by atoms with E-state index in [0.29, 0.717) is 5.56 Å². The summed E-state index contributed by atoms with van der Waals surface area (Å²) in [6, 6.07) is 22.9. The predicted octanol–water partition coefficient (Wildman–Crippen LogP) is 18.7. The zero-order valence-corrected chi connectivity index (χ0v) is 39.6. The summed E-state index contributed by atoms with van der Waals surface area (Å²) in [6.07, 6.45) is 0. The number of ether oxygens (including phenoxy) is 2. The van der Waals surface area contributed by atoms with E-state index in [9.17, 15) is 0 Å². The summed E-state index contributed by atoms with van der Waals surface area (Å²) < 4.78 is 10.7. The van der Waals surface area contributed by atoms with Crippen LogP contribution in [0.15, 0.2) is 72.8 Å². The lowest BCUT2D eigenvalue weighted by Gasteiger charge is -2.27. The normalized spacial score (nSPS) is 11.1. The fraction of sp³-hybridized carbons (Fsp3) is 0.0488. The summed E-state index contributed by atoms with van der Waals surface area (Å²) in [5, 5.41) is -2.21. The first-order valence-corrected chi connectivity index (χ1v) is 21.3. The summed E-state index contributed by atoms with van der Waals surface area (Å²) >= 11 is 93.9. The van der Waals surface area contributed by atoms with Crippen molar-refractivity contribution in [2.45, 2.75) is 0 Å². The van der Waals surface area contributed by atoms with Crippen LogP contribution in [0.2, 0.25) is 70.3 Å². The third-order valence-corrected chi connectivity index (χ3v) is 14.8. The monoisotopic (exact) mass is 1050 g/mol. The first kappa shape index (κ1) is 45.9. The van der Waals surface area contributed by atoms with Crippen LogP contribution in [-0.4, -0.2) is 14.2 Å². The Bertz CT molecular complexity index is 2440. The molecule has 17 heteroatoms. The second kappa shape index (κ2) is 19.2. The SMILES string of the molecule is COc1ccc(N(c2ccc(C#Cc3c(Cl)c(Cl)c([C](c4c(Cl)c(Cl)c(Cl)c(Cl)c4Cl)c4c(Cl)c(Cl)c(Cl)c(Cl)c4Cl)c(Cl)c3Cl)cc2)c2ccc(OC)cc2)cc1. The smallest absolute Gasteiger partial charge is 0.119 e. The van der Waals surface area contributed by atoms with Crippen LogP contribution in [0, 0.1) is 17.8 Å². The van der Waals surface area contributed by atoms with Gasteiger partial charge >= 0.3 is 0 Å². The lowest BCUT2D eigenvalue weighted by Crippen LogP contribution is -2.12. The van der Waals surface area contributed by atoms with E-state index in [1.165, 1.54) is 0 Å². The van der Waals surface area contributed by atoms with Crippen molar-refractivity contribution in [2.24, 2.45) is 0 Å². The molecule has 6 rings (SSSR count). The van der Waals surface area contributed by atoms with Gasteiger partial charge in [0.05, 0.1) is 96.0 Å². The van der Waals surface area contributed by atoms with Gasteiger partial charge in [0.1, 0.15) is 11.5 Å². The van der Waals surface area contributed by atoms with Crippen LogP contribution in [0.4, 0.5) is 17.1 Å². The second-order valence-electron chi connectivity index (χ2n) is 11.8. The van der Waals surface area contributed by atoms with Crippen molar-refractivity contribution in [1.29, 1.82) is 0 Å². The van der Waals surface area contributed by atoms with Crippen LogP contribution in [0.25, 0.3) is 0 Å². The van der Waals surface area contributed by atoms with Gasteiger partial charge in [-0.25, -0.2) is 0 Å². The average molecular weight is 1050 g/mol. The largest absolute Gasteiger partial charge is 0.497 e. The van der Waals surface area contributed by atoms with E-state index in [1.54, 1.807) is 14.2 Å². The molecule has 6 aromatic carbocycles. The number of hydrogen-bond acceptors (Lipinski definition) is 3. The van der Waals surface area contributed by atoms with Gasteiger partial charge in [0, 0.05) is 39.3 Å². The van der Waals surface area contributed by atoms with Gasteiger partial charge in [0.25, 0.3) is 0 Å². The molecule has 0 heterocycles. The summed E-state index contributed by atoms with van der Waals surface area (Å²) in [6.45, 7) is 0. The van der Waals surface area contributed by atoms with E-state index in [4.69, 9.17) is 172 Å². The van der Waals surface area contributed by atoms with Gasteiger partial charge in [-0.2, -0.15) is 0 Å². The molecule has 0 fully saturated rings. The summed E-state index contributed by atoms with van der Waals surface area (Å²) in [5.74, 6) is 7.48. The van der Waals surface area contributed by atoms with Crippen molar-refractivity contribution in [3.05, 3.63) is 177 Å². The van der Waals surface area contributed by atoms with E-state index in [1.807, 2.05) is 72.8 Å². The lowest BCUT2D eigenvalue weighted by molar-refractivity contribution is 0.415. The lowest BCUT2D eigenvalue weighted by atomic mass is 9.84. The molecule has 0 spiro atoms. The number of rotatable bonds is 8. The fourth-order valence-corrected chi connectivity index (χ4v) is 9.51. The quantitative estimate of drug-likeness (QED) is 0.0656. The Kier molecular flexibility index (Phi) is 15.2. The van der Waals surface area contributed by atoms with Crippen LogP contribution in [0.1, 0.15) is 27.8 Å². The van der Waals surface area contributed by atoms with Crippen LogP contribution < -0.4 is 14.4 Å². The van der Waals surface area contributed by atoms with Crippen molar-refractivity contribution >= 4 is 179 Å². The molecule has 0 atom stereocenters. The van der Waals surface area contributed by atoms with Crippen LogP contribution in [0.5, 0.6) is 11.5 Å². The van der Waals surface area contributed by atoms with Gasteiger partial charge in [-0.15, -0.1) is 0 Å². The van der Waals surface area contributed by atoms with Crippen molar-refractivity contribution in [3.8, 4) is 23.3 Å². The van der Waals surface area contributed by atoms with E-state index >= 15 is 0 Å². The number of methoxy groups -OCH3 is 2. The van der Waals surface area contributed by atoms with Gasteiger partial charge in [-0.1, -0.05) is 174 Å². The van der Waals surface area contributed by atoms with Gasteiger partial charge in [0.2, 0.25) is 0 Å². The number of halogens is 14. The highest BCUT2D eigenvalue weighted by Gasteiger charge is 2.38. The molecule has 0 unspecified atom stereocenters. The first-order valence-electron chi connectivity index (χ1n) is 16.0. The molecule has 0 aliphatic rings. The van der Waals surface area contributed by atoms with Gasteiger partial charge in [-0.3, -0.25) is 0 Å². The molecule has 6 aromatic rings. The zero-order chi connectivity index (χ0) is 42.3. The summed E-state index contributed by atoms with van der Waals surface area (Å²) in [5.41, 5.74) is 3.15. The number of anilines is 3. The third kappa shape index (κ3) is 8.70. The maximum Gasteiger partial charge on any atom is 0.119 e. The first-order chi connectivity index (χ1) is 27.5. The average Bonchev–Trinajstić information content (AvgIpc) is 3.23. The zero-order valence-electron chi connectivity index (χ0n) is 29.0. The third-order valence-electron chi connectivity index (χ3n) is 8.55. The maximum atomic E-state index is 7.05. The van der Waals surface area contributed by atoms with Crippen LogP contribution in [-0.2, 0) is 0 Å². The van der Waals surface area contributed by atoms with Crippen LogP contribution >= 0.6 is 162 Å². The van der Waals surface area contributed by atoms with Gasteiger partial charge < -0.3 is 14.4 Å². The Balaban J connectivity index is 1.48. The molecule has 0 saturated carbocycles. The highest BCUT2D eigenvalue weighted by molar-refractivity contribution is 6.57. The molecular weight excluding hydrogens is 1030 g/mol. The Morgan fingerprint density at radius 1 is 0.362 bits per heavy atom. The molecule has 0 amide bonds. The predicted molar refractivity (Wildman–Crippen MR) is 250 cm³/mol. The number of nitrogens with zero attached hydrogens (tertiary/aromatic N) is 1. The van der Waals surface area contributed by atoms with Crippen molar-refractivity contribution in [3.63, 3.8) is 0 Å². The molecular formula is C41H18Cl14NO2. The van der Waals surface area contributed by atoms with Crippen molar-refractivity contribution in [2.75, 3.05) is 19.1 Å². The molecule has 3 nitrogen and oxygen atoms in total. The highest BCUT2D eigenvalue weighted by Crippen LogP contribution is 2.57. The summed E-state index contributed by atoms with van der Waals surface area (Å²) in [7, 11) is 3.23. The van der Waals surface area contributed by atoms with E-state index in [0.717, 1.165) is 28.6 Å². The number of hydrogen-bond donors (Lipinski definition) is 0. The van der Waals surface area contributed by atoms with Gasteiger partial charge in [0.15, 0.2) is 0 Å². The molecule has 0 bridgehead atoms. The topological polar surface area (TPSA) is 21.7 Å². The molecule has 297 valence electrons. The Morgan fingerprint density at radius 2 is 0.638 bits per heavy atom. The van der Waals surface area contributed by atoms with Gasteiger partial charge in [-0.05, 0) is 72.8 Å². The maximum absolute atomic E-state index is 7.05. The standard InChI is InChI=1S/C41H18Cl14NO2/c1-57-21-12-8-19(9-13-21)56(20-10-14-22(58-2)15-11-20)18-6-3-17(4-7-18)5-16-23-28(42)30(44)25(31(45)29(23)43)24(26-32(46)36(50)40(54)37(51)33(26)47)27-34(48)38(52)41(55)39(53)35(27)49/h3-4,6-15H,1-2H3. The second-order valence-corrected chi connectivity index (χ2v) is 17.1. The Morgan fingerprint density at radius 3 is 0.948 bits per heavy atom. The Labute approximate surface area is 404 Å². The molecule has 1 radical (unpaired) electrons. The molecule has 0 aliphatic carbocycles. The molecule has 0 saturated heterocycles. The van der Waals surface area contributed by atoms with E-state index < -0.39 is 0 Å². The molecule has 0 aromatic heterocycles. The van der Waals surface area contributed by atoms with E-state index in [2.05, 4.69) is 16.7 Å². The van der Waals surface area contributed by atoms with E-state index in [-0.39, 0.29) is 98.5 Å². The fourth-order valence-electron chi connectivity index (χ4n) is 5.72. The highest BCUT2D eigenvalue weighted by atomic mass is 35.5. The minimum atomic E-state index is -0.186. The molecule has 58 heavy (non-hydrogen) atoms. The van der Waals surface area contributed by atoms with Crippen molar-refractivity contribution in [1.82, 2.24) is 0 Å². The molecule has 0 aliphatic heterocycles. The molecule has 0 N–H and O–H groups in total. The van der Waals surface area contributed by atoms with Crippen molar-refractivity contribution < 1.29 is 9.47 Å². The van der Waals surface area contributed by atoms with Crippen LogP contribution in [0.3, 0.4) is 0 Å². The minimum Gasteiger partial charge on any atom is -0.497 e. The Hall–Kier alpha value is -1.66.